The standard InChI is InChI=1S/C36H64N2O6/c1-6-7-8-9-10-11-12-13-14-15-16-17-18-19-20-24-31(39)38-29-23-21-22-28(25-29)30(34(41)42)26-37-33(40)32-35(2,3)27-43-36(4,5)44-32/h13-14,28-30,32H,6-12,15-27H2,1-5H3,(H,37,40)(H,38,39)(H,41,42). The van der Waals surface area contributed by atoms with Crippen LogP contribution in [0.25, 0.3) is 0 Å². The number of amides is 2. The van der Waals surface area contributed by atoms with Gasteiger partial charge in [-0.1, -0.05) is 90.7 Å². The highest BCUT2D eigenvalue weighted by Gasteiger charge is 2.46. The number of rotatable bonds is 21. The summed E-state index contributed by atoms with van der Waals surface area (Å²) >= 11 is 0. The van der Waals surface area contributed by atoms with Gasteiger partial charge in [-0.3, -0.25) is 14.4 Å². The summed E-state index contributed by atoms with van der Waals surface area (Å²) in [6, 6.07) is -0.0134. The summed E-state index contributed by atoms with van der Waals surface area (Å²) in [7, 11) is 0. The molecule has 4 unspecified atom stereocenters. The van der Waals surface area contributed by atoms with Gasteiger partial charge in [-0.2, -0.15) is 0 Å². The normalized spacial score (nSPS) is 23.7. The zero-order chi connectivity index (χ0) is 32.4. The third-order valence-electron chi connectivity index (χ3n) is 9.27. The van der Waals surface area contributed by atoms with Crippen molar-refractivity contribution in [2.75, 3.05) is 13.2 Å². The van der Waals surface area contributed by atoms with Gasteiger partial charge in [-0.15, -0.1) is 0 Å². The van der Waals surface area contributed by atoms with Crippen LogP contribution in [0.3, 0.4) is 0 Å². The van der Waals surface area contributed by atoms with Crippen molar-refractivity contribution in [2.45, 2.75) is 168 Å². The summed E-state index contributed by atoms with van der Waals surface area (Å²) in [6.07, 6.45) is 23.6. The van der Waals surface area contributed by atoms with Crippen LogP contribution >= 0.6 is 0 Å². The second-order valence-electron chi connectivity index (χ2n) is 14.4. The Labute approximate surface area is 267 Å². The molecule has 2 rings (SSSR count). The molecular weight excluding hydrogens is 556 g/mol. The van der Waals surface area contributed by atoms with E-state index < -0.39 is 29.2 Å². The van der Waals surface area contributed by atoms with Crippen LogP contribution < -0.4 is 10.6 Å². The van der Waals surface area contributed by atoms with Crippen molar-refractivity contribution in [2.24, 2.45) is 17.3 Å². The molecule has 8 heteroatoms. The van der Waals surface area contributed by atoms with Gasteiger partial charge in [0.05, 0.1) is 12.5 Å². The lowest BCUT2D eigenvalue weighted by molar-refractivity contribution is -0.304. The molecule has 1 saturated carbocycles. The highest BCUT2D eigenvalue weighted by Crippen LogP contribution is 2.35. The molecule has 0 aromatic rings. The van der Waals surface area contributed by atoms with Crippen molar-refractivity contribution < 1.29 is 29.0 Å². The Kier molecular flexibility index (Phi) is 17.6. The number of nitrogens with one attached hydrogen (secondary N) is 2. The number of carboxylic acid groups (broad SMARTS) is 1. The molecule has 2 amide bonds. The minimum Gasteiger partial charge on any atom is -0.481 e. The van der Waals surface area contributed by atoms with Crippen LogP contribution in [0.15, 0.2) is 12.2 Å². The van der Waals surface area contributed by atoms with Gasteiger partial charge in [0.15, 0.2) is 5.79 Å². The number of ether oxygens (including phenoxy) is 2. The van der Waals surface area contributed by atoms with Crippen molar-refractivity contribution in [1.82, 2.24) is 10.6 Å². The number of carbonyl (C=O) groups is 3. The number of carboxylic acids is 1. The van der Waals surface area contributed by atoms with Crippen LogP contribution in [-0.2, 0) is 23.9 Å². The quantitative estimate of drug-likeness (QED) is 0.0895. The lowest BCUT2D eigenvalue weighted by Gasteiger charge is -2.44. The van der Waals surface area contributed by atoms with Gasteiger partial charge < -0.3 is 25.2 Å². The van der Waals surface area contributed by atoms with E-state index in [1.165, 1.54) is 57.8 Å². The highest BCUT2D eigenvalue weighted by atomic mass is 16.7. The van der Waals surface area contributed by atoms with Crippen molar-refractivity contribution in [3.05, 3.63) is 12.2 Å². The molecule has 3 N–H and O–H groups in total. The van der Waals surface area contributed by atoms with Crippen LogP contribution in [-0.4, -0.2) is 54.0 Å². The first kappa shape index (κ1) is 38.3. The van der Waals surface area contributed by atoms with Gasteiger partial charge in [-0.05, 0) is 71.1 Å². The lowest BCUT2D eigenvalue weighted by atomic mass is 9.77. The van der Waals surface area contributed by atoms with E-state index in [-0.39, 0.29) is 30.3 Å². The molecule has 2 fully saturated rings. The van der Waals surface area contributed by atoms with Crippen LogP contribution in [0.1, 0.15) is 150 Å². The molecule has 0 bridgehead atoms. The van der Waals surface area contributed by atoms with Crippen LogP contribution in [0.5, 0.6) is 0 Å². The van der Waals surface area contributed by atoms with Crippen LogP contribution in [0.2, 0.25) is 0 Å². The minimum absolute atomic E-state index is 0.0134. The van der Waals surface area contributed by atoms with Gasteiger partial charge in [-0.25, -0.2) is 0 Å². The number of allylic oxidation sites excluding steroid dienone is 2. The maximum Gasteiger partial charge on any atom is 0.308 e. The molecule has 4 atom stereocenters. The van der Waals surface area contributed by atoms with E-state index in [4.69, 9.17) is 9.47 Å². The number of hydrogen-bond acceptors (Lipinski definition) is 5. The Balaban J connectivity index is 1.62. The third kappa shape index (κ3) is 14.9. The van der Waals surface area contributed by atoms with Crippen LogP contribution in [0.4, 0.5) is 0 Å². The van der Waals surface area contributed by atoms with E-state index >= 15 is 0 Å². The van der Waals surface area contributed by atoms with E-state index in [1.54, 1.807) is 13.8 Å². The fourth-order valence-corrected chi connectivity index (χ4v) is 6.46. The Morgan fingerprint density at radius 1 is 0.886 bits per heavy atom. The van der Waals surface area contributed by atoms with Gasteiger partial charge in [0.25, 0.3) is 0 Å². The molecule has 0 aromatic carbocycles. The van der Waals surface area contributed by atoms with Crippen molar-refractivity contribution in [3.63, 3.8) is 0 Å². The summed E-state index contributed by atoms with van der Waals surface area (Å²) in [4.78, 5) is 37.9. The third-order valence-corrected chi connectivity index (χ3v) is 9.27. The molecule has 1 heterocycles. The topological polar surface area (TPSA) is 114 Å². The summed E-state index contributed by atoms with van der Waals surface area (Å²) in [5, 5.41) is 16.0. The average Bonchev–Trinajstić information content (AvgIpc) is 2.96. The molecule has 0 aromatic heterocycles. The largest absolute Gasteiger partial charge is 0.481 e. The molecule has 8 nitrogen and oxygen atoms in total. The zero-order valence-corrected chi connectivity index (χ0v) is 28.6. The fraction of sp³-hybridized carbons (Fsp3) is 0.861. The second kappa shape index (κ2) is 20.2. The van der Waals surface area contributed by atoms with Crippen molar-refractivity contribution >= 4 is 17.8 Å². The molecule has 0 radical (unpaired) electrons. The summed E-state index contributed by atoms with van der Waals surface area (Å²) in [5.41, 5.74) is -0.525. The zero-order valence-electron chi connectivity index (χ0n) is 28.6. The van der Waals surface area contributed by atoms with E-state index in [9.17, 15) is 19.5 Å². The number of carbonyl (C=O) groups excluding carboxylic acids is 2. The molecule has 1 aliphatic heterocycles. The predicted molar refractivity (Wildman–Crippen MR) is 176 cm³/mol. The Hall–Kier alpha value is -1.93. The fourth-order valence-electron chi connectivity index (χ4n) is 6.46. The first-order chi connectivity index (χ1) is 20.9. The summed E-state index contributed by atoms with van der Waals surface area (Å²) in [6.45, 7) is 10.0. The van der Waals surface area contributed by atoms with Gasteiger partial charge in [0.1, 0.15) is 6.10 Å². The molecular formula is C36H64N2O6. The van der Waals surface area contributed by atoms with E-state index in [0.29, 0.717) is 19.4 Å². The number of unbranched alkanes of at least 4 members (excludes halogenated alkanes) is 11. The van der Waals surface area contributed by atoms with Gasteiger partial charge >= 0.3 is 5.97 Å². The van der Waals surface area contributed by atoms with E-state index in [2.05, 4.69) is 29.7 Å². The number of aliphatic carboxylic acids is 1. The summed E-state index contributed by atoms with van der Waals surface area (Å²) < 4.78 is 11.6. The SMILES string of the molecule is CCCCCCCCC=CCCCCCCCC(=O)NC1CCCC(C(CNC(=O)C2OC(C)(C)OCC2(C)C)C(=O)O)C1. The predicted octanol–water partition coefficient (Wildman–Crippen LogP) is 7.69. The molecule has 254 valence electrons. The minimum atomic E-state index is -0.914. The highest BCUT2D eigenvalue weighted by molar-refractivity contribution is 5.82. The number of hydrogen-bond donors (Lipinski definition) is 3. The maximum atomic E-state index is 13.1. The molecule has 0 spiro atoms. The van der Waals surface area contributed by atoms with Crippen molar-refractivity contribution in [3.8, 4) is 0 Å². The Morgan fingerprint density at radius 3 is 2.14 bits per heavy atom. The molecule has 1 saturated heterocycles. The maximum absolute atomic E-state index is 13.1. The van der Waals surface area contributed by atoms with Gasteiger partial charge in [0, 0.05) is 24.4 Å². The monoisotopic (exact) mass is 620 g/mol. The average molecular weight is 621 g/mol. The second-order valence-corrected chi connectivity index (χ2v) is 14.4. The van der Waals surface area contributed by atoms with Gasteiger partial charge in [0.2, 0.25) is 11.8 Å². The first-order valence-electron chi connectivity index (χ1n) is 17.7. The first-order valence-corrected chi connectivity index (χ1v) is 17.7. The lowest BCUT2D eigenvalue weighted by Crippen LogP contribution is -2.57. The van der Waals surface area contributed by atoms with Crippen molar-refractivity contribution in [1.29, 1.82) is 0 Å². The van der Waals surface area contributed by atoms with Crippen LogP contribution in [0, 0.1) is 17.3 Å². The molecule has 2 aliphatic rings. The Bertz CT molecular complexity index is 886. The van der Waals surface area contributed by atoms with E-state index in [1.807, 2.05) is 13.8 Å². The van der Waals surface area contributed by atoms with E-state index in [0.717, 1.165) is 44.9 Å². The molecule has 1 aliphatic carbocycles. The summed E-state index contributed by atoms with van der Waals surface area (Å²) in [5.74, 6) is -2.84. The smallest absolute Gasteiger partial charge is 0.308 e. The Morgan fingerprint density at radius 2 is 1.50 bits per heavy atom. The molecule has 44 heavy (non-hydrogen) atoms.